The van der Waals surface area contributed by atoms with E-state index in [0.717, 1.165) is 23.1 Å². The molecule has 0 atom stereocenters. The van der Waals surface area contributed by atoms with E-state index in [9.17, 15) is 4.39 Å². The summed E-state index contributed by atoms with van der Waals surface area (Å²) in [6.07, 6.45) is 4.98. The first-order chi connectivity index (χ1) is 12.7. The van der Waals surface area contributed by atoms with Gasteiger partial charge in [0.15, 0.2) is 11.5 Å². The van der Waals surface area contributed by atoms with Gasteiger partial charge in [0.2, 0.25) is 0 Å². The molecule has 0 bridgehead atoms. The second-order valence-electron chi connectivity index (χ2n) is 6.21. The molecule has 0 aromatic heterocycles. The Morgan fingerprint density at radius 3 is 2.58 bits per heavy atom. The van der Waals surface area contributed by atoms with Crippen molar-refractivity contribution in [1.82, 2.24) is 5.32 Å². The van der Waals surface area contributed by atoms with Crippen LogP contribution < -0.4 is 14.8 Å². The van der Waals surface area contributed by atoms with Gasteiger partial charge in [-0.15, -0.1) is 0 Å². The Labute approximate surface area is 164 Å². The van der Waals surface area contributed by atoms with Crippen molar-refractivity contribution in [3.8, 4) is 11.5 Å². The molecule has 0 saturated heterocycles. The number of ether oxygens (including phenoxy) is 2. The number of halogens is 2. The van der Waals surface area contributed by atoms with E-state index in [1.807, 2.05) is 12.1 Å². The summed E-state index contributed by atoms with van der Waals surface area (Å²) in [6.45, 7) is 4.13. The third-order valence-corrected chi connectivity index (χ3v) is 4.93. The maximum absolute atomic E-state index is 13.7. The minimum atomic E-state index is -0.269. The quantitative estimate of drug-likeness (QED) is 0.460. The van der Waals surface area contributed by atoms with E-state index in [1.54, 1.807) is 25.3 Å². The van der Waals surface area contributed by atoms with Crippen molar-refractivity contribution in [3.63, 3.8) is 0 Å². The lowest BCUT2D eigenvalue weighted by Gasteiger charge is -2.15. The van der Waals surface area contributed by atoms with E-state index >= 15 is 0 Å². The monoisotopic (exact) mass is 423 g/mol. The number of unbranched alkanes of at least 4 members (excludes halogenated alkanes) is 3. The molecular weight excluding hydrogens is 397 g/mol. The van der Waals surface area contributed by atoms with E-state index in [4.69, 9.17) is 9.47 Å². The number of benzene rings is 2. The Hall–Kier alpha value is -1.59. The summed E-state index contributed by atoms with van der Waals surface area (Å²) < 4.78 is 25.9. The van der Waals surface area contributed by atoms with Gasteiger partial charge in [0.25, 0.3) is 0 Å². The highest BCUT2D eigenvalue weighted by Crippen LogP contribution is 2.34. The van der Waals surface area contributed by atoms with Crippen molar-refractivity contribution >= 4 is 15.9 Å². The molecule has 2 aromatic carbocycles. The Morgan fingerprint density at radius 1 is 1.04 bits per heavy atom. The summed E-state index contributed by atoms with van der Waals surface area (Å²) in [5.74, 6) is 0.969. The fraction of sp³-hybridized carbons (Fsp3) is 0.429. The molecule has 0 saturated carbocycles. The molecule has 0 unspecified atom stereocenters. The van der Waals surface area contributed by atoms with Crippen molar-refractivity contribution in [2.45, 2.75) is 45.8 Å². The third kappa shape index (κ3) is 6.29. The molecule has 3 nitrogen and oxygen atoms in total. The summed E-state index contributed by atoms with van der Waals surface area (Å²) in [6, 6.07) is 10.5. The molecule has 0 aliphatic heterocycles. The maximum Gasteiger partial charge on any atom is 0.162 e. The van der Waals surface area contributed by atoms with Gasteiger partial charge >= 0.3 is 0 Å². The van der Waals surface area contributed by atoms with Crippen molar-refractivity contribution < 1.29 is 13.9 Å². The van der Waals surface area contributed by atoms with E-state index in [1.165, 1.54) is 31.7 Å². The average molecular weight is 424 g/mol. The van der Waals surface area contributed by atoms with E-state index in [-0.39, 0.29) is 12.4 Å². The summed E-state index contributed by atoms with van der Waals surface area (Å²) in [4.78, 5) is 0. The topological polar surface area (TPSA) is 30.5 Å². The van der Waals surface area contributed by atoms with Gasteiger partial charge in [-0.3, -0.25) is 0 Å². The number of rotatable bonds is 11. The Bertz CT molecular complexity index is 694. The van der Waals surface area contributed by atoms with Crippen LogP contribution in [0.2, 0.25) is 0 Å². The average Bonchev–Trinajstić information content (AvgIpc) is 2.65. The molecule has 0 amide bonds. The molecule has 0 fully saturated rings. The number of hydrogen-bond acceptors (Lipinski definition) is 3. The summed E-state index contributed by atoms with van der Waals surface area (Å²) >= 11 is 3.60. The van der Waals surface area contributed by atoms with Crippen molar-refractivity contribution in [2.24, 2.45) is 0 Å². The second kappa shape index (κ2) is 11.2. The zero-order valence-electron chi connectivity index (χ0n) is 15.5. The van der Waals surface area contributed by atoms with Crippen LogP contribution in [0.4, 0.5) is 4.39 Å². The normalized spacial score (nSPS) is 10.8. The molecule has 0 heterocycles. The highest BCUT2D eigenvalue weighted by Gasteiger charge is 2.11. The van der Waals surface area contributed by atoms with Crippen LogP contribution in [0, 0.1) is 5.82 Å². The minimum Gasteiger partial charge on any atom is -0.493 e. The first-order valence-corrected chi connectivity index (χ1v) is 9.88. The molecule has 0 aliphatic carbocycles. The van der Waals surface area contributed by atoms with Gasteiger partial charge in [-0.25, -0.2) is 4.39 Å². The second-order valence-corrected chi connectivity index (χ2v) is 7.07. The van der Waals surface area contributed by atoms with Crippen LogP contribution in [-0.2, 0) is 13.2 Å². The predicted molar refractivity (Wildman–Crippen MR) is 107 cm³/mol. The van der Waals surface area contributed by atoms with Crippen LogP contribution in [0.5, 0.6) is 11.5 Å². The van der Waals surface area contributed by atoms with Gasteiger partial charge in [0.1, 0.15) is 12.4 Å². The smallest absolute Gasteiger partial charge is 0.162 e. The molecule has 0 radical (unpaired) electrons. The van der Waals surface area contributed by atoms with Gasteiger partial charge in [-0.1, -0.05) is 60.3 Å². The number of hydrogen-bond donors (Lipinski definition) is 1. The maximum atomic E-state index is 13.7. The van der Waals surface area contributed by atoms with E-state index < -0.39 is 0 Å². The molecule has 0 aliphatic rings. The van der Waals surface area contributed by atoms with Gasteiger partial charge in [-0.05, 0) is 36.7 Å². The molecule has 0 spiro atoms. The Kier molecular flexibility index (Phi) is 8.92. The van der Waals surface area contributed by atoms with E-state index in [0.29, 0.717) is 17.1 Å². The third-order valence-electron chi connectivity index (χ3n) is 4.20. The molecule has 5 heteroatoms. The highest BCUT2D eigenvalue weighted by molar-refractivity contribution is 9.10. The molecular formula is C21H27BrFNO2. The summed E-state index contributed by atoms with van der Waals surface area (Å²) in [5, 5.41) is 3.46. The summed E-state index contributed by atoms with van der Waals surface area (Å²) in [7, 11) is 1.61. The molecule has 2 rings (SSSR count). The fourth-order valence-corrected chi connectivity index (χ4v) is 3.12. The number of methoxy groups -OCH3 is 1. The minimum absolute atomic E-state index is 0.157. The van der Waals surface area contributed by atoms with Crippen LogP contribution in [0.25, 0.3) is 0 Å². The van der Waals surface area contributed by atoms with Crippen LogP contribution in [-0.4, -0.2) is 13.7 Å². The molecule has 1 N–H and O–H groups in total. The number of nitrogens with one attached hydrogen (secondary N) is 1. The zero-order valence-corrected chi connectivity index (χ0v) is 17.1. The van der Waals surface area contributed by atoms with E-state index in [2.05, 4.69) is 28.2 Å². The first-order valence-electron chi connectivity index (χ1n) is 9.09. The van der Waals surface area contributed by atoms with Crippen molar-refractivity contribution in [2.75, 3.05) is 13.7 Å². The highest BCUT2D eigenvalue weighted by atomic mass is 79.9. The molecule has 2 aromatic rings. The van der Waals surface area contributed by atoms with Gasteiger partial charge in [0.05, 0.1) is 7.11 Å². The van der Waals surface area contributed by atoms with Crippen LogP contribution >= 0.6 is 15.9 Å². The fourth-order valence-electron chi connectivity index (χ4n) is 2.66. The van der Waals surface area contributed by atoms with Crippen molar-refractivity contribution in [3.05, 3.63) is 57.8 Å². The lowest BCUT2D eigenvalue weighted by atomic mass is 10.1. The van der Waals surface area contributed by atoms with Gasteiger partial charge < -0.3 is 14.8 Å². The first kappa shape index (κ1) is 20.7. The van der Waals surface area contributed by atoms with Crippen LogP contribution in [0.3, 0.4) is 0 Å². The standard InChI is InChI=1S/C21H27BrFNO2/c1-3-4-5-8-11-24-14-17-12-20(25-2)21(13-18(17)22)26-15-16-9-6-7-10-19(16)23/h6-7,9-10,12-13,24H,3-5,8,11,14-15H2,1-2H3. The lowest BCUT2D eigenvalue weighted by Crippen LogP contribution is -2.15. The lowest BCUT2D eigenvalue weighted by molar-refractivity contribution is 0.279. The zero-order chi connectivity index (χ0) is 18.8. The SMILES string of the molecule is CCCCCCNCc1cc(OC)c(OCc2ccccc2F)cc1Br. The van der Waals surface area contributed by atoms with Gasteiger partial charge in [0, 0.05) is 16.6 Å². The summed E-state index contributed by atoms with van der Waals surface area (Å²) in [5.41, 5.74) is 1.62. The largest absolute Gasteiger partial charge is 0.493 e. The van der Waals surface area contributed by atoms with Crippen LogP contribution in [0.15, 0.2) is 40.9 Å². The predicted octanol–water partition coefficient (Wildman–Crippen LogP) is 5.85. The van der Waals surface area contributed by atoms with Crippen LogP contribution in [0.1, 0.15) is 43.7 Å². The Morgan fingerprint density at radius 2 is 1.85 bits per heavy atom. The van der Waals surface area contributed by atoms with Crippen molar-refractivity contribution in [1.29, 1.82) is 0 Å². The molecule has 26 heavy (non-hydrogen) atoms. The molecule has 142 valence electrons. The van der Waals surface area contributed by atoms with Gasteiger partial charge in [-0.2, -0.15) is 0 Å². The Balaban J connectivity index is 1.96.